The molecule has 2 N–H and O–H groups in total. The SMILES string of the molecule is CC(CNCC1CNc2cc(-c3cnn(C)c3)cnc2O1)c1ccc(C#N)cn1.c1ccccc1. The number of pyridine rings is 2. The molecule has 8 nitrogen and oxygen atoms in total. The first-order valence-electron chi connectivity index (χ1n) is 11.6. The van der Waals surface area contributed by atoms with Gasteiger partial charge in [0.15, 0.2) is 0 Å². The van der Waals surface area contributed by atoms with Gasteiger partial charge in [-0.2, -0.15) is 10.4 Å². The van der Waals surface area contributed by atoms with Gasteiger partial charge in [-0.3, -0.25) is 9.67 Å². The van der Waals surface area contributed by atoms with Gasteiger partial charge in [-0.25, -0.2) is 4.98 Å². The number of nitrogens with zero attached hydrogens (tertiary/aromatic N) is 5. The first-order chi connectivity index (χ1) is 17.1. The second-order valence-corrected chi connectivity index (χ2v) is 8.40. The Morgan fingerprint density at radius 2 is 1.89 bits per heavy atom. The summed E-state index contributed by atoms with van der Waals surface area (Å²) in [6, 6.07) is 19.8. The summed E-state index contributed by atoms with van der Waals surface area (Å²) in [7, 11) is 1.90. The molecule has 0 aliphatic carbocycles. The zero-order valence-corrected chi connectivity index (χ0v) is 19.9. The molecule has 1 aliphatic heterocycles. The van der Waals surface area contributed by atoms with Crippen LogP contribution in [0.1, 0.15) is 24.1 Å². The quantitative estimate of drug-likeness (QED) is 0.442. The predicted molar refractivity (Wildman–Crippen MR) is 136 cm³/mol. The molecule has 0 saturated carbocycles. The summed E-state index contributed by atoms with van der Waals surface area (Å²) in [4.78, 5) is 8.83. The number of hydrogen-bond acceptors (Lipinski definition) is 7. The molecule has 4 heterocycles. The topological polar surface area (TPSA) is 101 Å². The third kappa shape index (κ3) is 6.65. The average Bonchev–Trinajstić information content (AvgIpc) is 3.36. The third-order valence-electron chi connectivity index (χ3n) is 5.60. The van der Waals surface area contributed by atoms with Crippen LogP contribution in [-0.4, -0.2) is 45.5 Å². The van der Waals surface area contributed by atoms with Crippen molar-refractivity contribution in [2.24, 2.45) is 7.05 Å². The van der Waals surface area contributed by atoms with E-state index in [0.29, 0.717) is 24.5 Å². The smallest absolute Gasteiger partial charge is 0.237 e. The molecule has 0 amide bonds. The van der Waals surface area contributed by atoms with E-state index in [0.717, 1.165) is 29.1 Å². The van der Waals surface area contributed by atoms with Gasteiger partial charge in [0.25, 0.3) is 0 Å². The van der Waals surface area contributed by atoms with Crippen LogP contribution in [-0.2, 0) is 7.05 Å². The van der Waals surface area contributed by atoms with E-state index < -0.39 is 0 Å². The van der Waals surface area contributed by atoms with Crippen molar-refractivity contribution in [1.29, 1.82) is 5.26 Å². The Kier molecular flexibility index (Phi) is 8.04. The molecule has 0 spiro atoms. The van der Waals surface area contributed by atoms with Crippen molar-refractivity contribution in [1.82, 2.24) is 25.1 Å². The lowest BCUT2D eigenvalue weighted by molar-refractivity contribution is 0.193. The maximum Gasteiger partial charge on any atom is 0.237 e. The molecule has 3 aromatic heterocycles. The van der Waals surface area contributed by atoms with Crippen LogP contribution in [0.4, 0.5) is 5.69 Å². The molecule has 178 valence electrons. The summed E-state index contributed by atoms with van der Waals surface area (Å²) in [6.45, 7) is 4.30. The van der Waals surface area contributed by atoms with Crippen molar-refractivity contribution < 1.29 is 4.74 Å². The summed E-state index contributed by atoms with van der Waals surface area (Å²) < 4.78 is 7.81. The van der Waals surface area contributed by atoms with Gasteiger partial charge in [0, 0.05) is 61.5 Å². The van der Waals surface area contributed by atoms with Crippen LogP contribution >= 0.6 is 0 Å². The van der Waals surface area contributed by atoms with Crippen molar-refractivity contribution in [2.75, 3.05) is 25.0 Å². The minimum Gasteiger partial charge on any atom is -0.470 e. The van der Waals surface area contributed by atoms with E-state index in [9.17, 15) is 0 Å². The molecular weight excluding hydrogens is 438 g/mol. The summed E-state index contributed by atoms with van der Waals surface area (Å²) in [5.41, 5.74) is 4.48. The Labute approximate surface area is 205 Å². The van der Waals surface area contributed by atoms with Crippen molar-refractivity contribution in [3.05, 3.63) is 90.6 Å². The number of nitriles is 1. The molecule has 4 aromatic rings. The Bertz CT molecular complexity index is 1220. The Hall–Kier alpha value is -4.22. The predicted octanol–water partition coefficient (Wildman–Crippen LogP) is 4.00. The number of hydrogen-bond donors (Lipinski definition) is 2. The van der Waals surface area contributed by atoms with Gasteiger partial charge in [-0.05, 0) is 18.2 Å². The number of benzene rings is 1. The van der Waals surface area contributed by atoms with Crippen molar-refractivity contribution in [3.8, 4) is 23.1 Å². The van der Waals surface area contributed by atoms with Crippen LogP contribution in [0.5, 0.6) is 5.88 Å². The highest BCUT2D eigenvalue weighted by atomic mass is 16.5. The molecule has 35 heavy (non-hydrogen) atoms. The number of nitrogens with one attached hydrogen (secondary N) is 2. The maximum absolute atomic E-state index is 8.87. The van der Waals surface area contributed by atoms with Crippen LogP contribution in [0.25, 0.3) is 11.1 Å². The minimum atomic E-state index is 0.000339. The van der Waals surface area contributed by atoms with E-state index in [1.807, 2.05) is 74.2 Å². The first-order valence-corrected chi connectivity index (χ1v) is 11.6. The lowest BCUT2D eigenvalue weighted by Gasteiger charge is -2.27. The zero-order chi connectivity index (χ0) is 24.5. The fraction of sp³-hybridized carbons (Fsp3) is 0.259. The van der Waals surface area contributed by atoms with Crippen molar-refractivity contribution in [2.45, 2.75) is 18.9 Å². The Morgan fingerprint density at radius 3 is 2.51 bits per heavy atom. The number of ether oxygens (including phenoxy) is 1. The Morgan fingerprint density at radius 1 is 1.11 bits per heavy atom. The zero-order valence-electron chi connectivity index (χ0n) is 19.9. The fourth-order valence-electron chi connectivity index (χ4n) is 3.65. The molecule has 0 fully saturated rings. The molecule has 5 rings (SSSR count). The number of fused-ring (bicyclic) bond motifs is 1. The molecule has 0 saturated heterocycles. The first kappa shape index (κ1) is 23.9. The maximum atomic E-state index is 8.87. The van der Waals surface area contributed by atoms with Gasteiger partial charge < -0.3 is 15.4 Å². The van der Waals surface area contributed by atoms with Crippen LogP contribution in [0.3, 0.4) is 0 Å². The van der Waals surface area contributed by atoms with Crippen LogP contribution < -0.4 is 15.4 Å². The monoisotopic (exact) mass is 467 g/mol. The van der Waals surface area contributed by atoms with Gasteiger partial charge in [0.1, 0.15) is 12.2 Å². The van der Waals surface area contributed by atoms with Gasteiger partial charge in [0.05, 0.1) is 24.0 Å². The lowest BCUT2D eigenvalue weighted by Crippen LogP contribution is -2.40. The average molecular weight is 468 g/mol. The van der Waals surface area contributed by atoms with Gasteiger partial charge in [0.2, 0.25) is 5.88 Å². The van der Waals surface area contributed by atoms with E-state index in [2.05, 4.69) is 38.7 Å². The van der Waals surface area contributed by atoms with Crippen molar-refractivity contribution in [3.63, 3.8) is 0 Å². The number of anilines is 1. The van der Waals surface area contributed by atoms with E-state index in [4.69, 9.17) is 10.00 Å². The molecule has 1 aromatic carbocycles. The number of aryl methyl sites for hydroxylation is 1. The molecule has 1 aliphatic rings. The summed E-state index contributed by atoms with van der Waals surface area (Å²) >= 11 is 0. The van der Waals surface area contributed by atoms with Gasteiger partial charge >= 0.3 is 0 Å². The highest BCUT2D eigenvalue weighted by Gasteiger charge is 2.21. The van der Waals surface area contributed by atoms with E-state index in [-0.39, 0.29) is 12.0 Å². The fourth-order valence-corrected chi connectivity index (χ4v) is 3.65. The van der Waals surface area contributed by atoms with Crippen LogP contribution in [0, 0.1) is 11.3 Å². The van der Waals surface area contributed by atoms with Gasteiger partial charge in [-0.1, -0.05) is 43.3 Å². The summed E-state index contributed by atoms with van der Waals surface area (Å²) in [5.74, 6) is 0.865. The van der Waals surface area contributed by atoms with Crippen molar-refractivity contribution >= 4 is 5.69 Å². The largest absolute Gasteiger partial charge is 0.470 e. The highest BCUT2D eigenvalue weighted by Crippen LogP contribution is 2.31. The van der Waals surface area contributed by atoms with Crippen LogP contribution in [0.2, 0.25) is 0 Å². The molecule has 8 heteroatoms. The molecule has 0 bridgehead atoms. The second-order valence-electron chi connectivity index (χ2n) is 8.40. The van der Waals surface area contributed by atoms with E-state index in [1.54, 1.807) is 16.9 Å². The summed E-state index contributed by atoms with van der Waals surface area (Å²) in [5, 5.41) is 19.9. The summed E-state index contributed by atoms with van der Waals surface area (Å²) in [6.07, 6.45) is 7.21. The van der Waals surface area contributed by atoms with Crippen LogP contribution in [0.15, 0.2) is 79.4 Å². The Balaban J connectivity index is 0.000000421. The normalized spacial score (nSPS) is 14.8. The lowest BCUT2D eigenvalue weighted by atomic mass is 10.1. The molecular formula is C27H29N7O. The van der Waals surface area contributed by atoms with Gasteiger partial charge in [-0.15, -0.1) is 0 Å². The second kappa shape index (κ2) is 11.8. The molecule has 2 unspecified atom stereocenters. The third-order valence-corrected chi connectivity index (χ3v) is 5.60. The molecule has 2 atom stereocenters. The number of aromatic nitrogens is 4. The van der Waals surface area contributed by atoms with E-state index in [1.165, 1.54) is 0 Å². The standard InChI is InChI=1S/C21H23N7O.C6H6/c1-14(19-4-3-15(6-22)8-24-19)7-23-11-18-12-25-20-5-16(9-26-21(20)29-18)17-10-27-28(2)13-17;1-2-4-6-5-3-1/h3-5,8-10,13-14,18,23,25H,7,11-12H2,1-2H3;1-6H. The number of rotatable bonds is 6. The van der Waals surface area contributed by atoms with E-state index >= 15 is 0 Å². The molecule has 0 radical (unpaired) electrons. The minimum absolute atomic E-state index is 0.000339. The highest BCUT2D eigenvalue weighted by molar-refractivity contribution is 5.69.